The van der Waals surface area contributed by atoms with Crippen molar-refractivity contribution < 1.29 is 14.7 Å². The van der Waals surface area contributed by atoms with Gasteiger partial charge in [-0.3, -0.25) is 0 Å². The summed E-state index contributed by atoms with van der Waals surface area (Å²) in [6, 6.07) is 5.77. The SMILES string of the molecule is O/N=C1/CC2(CCOCC2)Oc2cc(Br)ccc21. The summed E-state index contributed by atoms with van der Waals surface area (Å²) in [5.74, 6) is 0.783. The van der Waals surface area contributed by atoms with E-state index in [4.69, 9.17) is 9.47 Å². The van der Waals surface area contributed by atoms with Crippen LogP contribution in [-0.4, -0.2) is 29.7 Å². The van der Waals surface area contributed by atoms with Crippen LogP contribution in [-0.2, 0) is 4.74 Å². The van der Waals surface area contributed by atoms with E-state index >= 15 is 0 Å². The van der Waals surface area contributed by atoms with Gasteiger partial charge in [-0.1, -0.05) is 21.1 Å². The lowest BCUT2D eigenvalue weighted by atomic mass is 9.84. The molecule has 3 rings (SSSR count). The highest BCUT2D eigenvalue weighted by molar-refractivity contribution is 9.10. The van der Waals surface area contributed by atoms with E-state index < -0.39 is 0 Å². The fraction of sp³-hybridized carbons (Fsp3) is 0.462. The summed E-state index contributed by atoms with van der Waals surface area (Å²) in [4.78, 5) is 0. The van der Waals surface area contributed by atoms with Gasteiger partial charge in [0.1, 0.15) is 11.4 Å². The lowest BCUT2D eigenvalue weighted by molar-refractivity contribution is -0.0445. The summed E-state index contributed by atoms with van der Waals surface area (Å²) in [5, 5.41) is 12.7. The molecule has 0 radical (unpaired) electrons. The minimum absolute atomic E-state index is 0.270. The maximum Gasteiger partial charge on any atom is 0.130 e. The van der Waals surface area contributed by atoms with E-state index in [1.165, 1.54) is 0 Å². The first kappa shape index (κ1) is 12.0. The lowest BCUT2D eigenvalue weighted by Crippen LogP contribution is -2.46. The van der Waals surface area contributed by atoms with E-state index in [0.717, 1.165) is 28.6 Å². The molecule has 0 unspecified atom stereocenters. The summed E-state index contributed by atoms with van der Waals surface area (Å²) in [7, 11) is 0. The van der Waals surface area contributed by atoms with Gasteiger partial charge in [-0.05, 0) is 18.2 Å². The van der Waals surface area contributed by atoms with E-state index in [9.17, 15) is 5.21 Å². The van der Waals surface area contributed by atoms with Crippen LogP contribution < -0.4 is 4.74 Å². The molecule has 18 heavy (non-hydrogen) atoms. The smallest absolute Gasteiger partial charge is 0.130 e. The Bertz CT molecular complexity index is 495. The molecule has 2 aliphatic heterocycles. The molecule has 2 heterocycles. The van der Waals surface area contributed by atoms with Gasteiger partial charge in [0.05, 0.1) is 18.9 Å². The van der Waals surface area contributed by atoms with Crippen LogP contribution in [0.15, 0.2) is 27.8 Å². The quantitative estimate of drug-likeness (QED) is 0.592. The average Bonchev–Trinajstić information content (AvgIpc) is 2.38. The fourth-order valence-corrected chi connectivity index (χ4v) is 2.94. The third-order valence-electron chi connectivity index (χ3n) is 3.60. The van der Waals surface area contributed by atoms with Crippen LogP contribution in [0.3, 0.4) is 0 Å². The van der Waals surface area contributed by atoms with E-state index in [1.54, 1.807) is 0 Å². The van der Waals surface area contributed by atoms with Crippen LogP contribution in [0.25, 0.3) is 0 Å². The predicted octanol–water partition coefficient (Wildman–Crippen LogP) is 2.96. The summed E-state index contributed by atoms with van der Waals surface area (Å²) in [6.07, 6.45) is 2.30. The standard InChI is InChI=1S/C13H14BrNO3/c14-9-1-2-10-11(15-16)8-13(18-12(10)7-9)3-5-17-6-4-13/h1-2,7,16H,3-6,8H2/b15-11-. The topological polar surface area (TPSA) is 51.1 Å². The van der Waals surface area contributed by atoms with Crippen molar-refractivity contribution in [2.45, 2.75) is 24.9 Å². The Kier molecular flexibility index (Phi) is 3.03. The third-order valence-corrected chi connectivity index (χ3v) is 4.09. The molecule has 4 nitrogen and oxygen atoms in total. The maximum absolute atomic E-state index is 9.21. The van der Waals surface area contributed by atoms with Gasteiger partial charge in [-0.15, -0.1) is 0 Å². The van der Waals surface area contributed by atoms with Crippen molar-refractivity contribution in [3.8, 4) is 5.75 Å². The second-order valence-corrected chi connectivity index (χ2v) is 5.68. The molecule has 0 amide bonds. The van der Waals surface area contributed by atoms with Crippen molar-refractivity contribution in [1.29, 1.82) is 0 Å². The van der Waals surface area contributed by atoms with E-state index in [2.05, 4.69) is 21.1 Å². The van der Waals surface area contributed by atoms with Gasteiger partial charge in [-0.2, -0.15) is 0 Å². The monoisotopic (exact) mass is 311 g/mol. The van der Waals surface area contributed by atoms with Crippen molar-refractivity contribution in [3.05, 3.63) is 28.2 Å². The molecular formula is C13H14BrNO3. The number of benzene rings is 1. The van der Waals surface area contributed by atoms with E-state index in [-0.39, 0.29) is 5.60 Å². The van der Waals surface area contributed by atoms with Gasteiger partial charge in [-0.25, -0.2) is 0 Å². The predicted molar refractivity (Wildman–Crippen MR) is 70.5 cm³/mol. The molecular weight excluding hydrogens is 298 g/mol. The van der Waals surface area contributed by atoms with E-state index in [1.807, 2.05) is 18.2 Å². The summed E-state index contributed by atoms with van der Waals surface area (Å²) >= 11 is 3.44. The lowest BCUT2D eigenvalue weighted by Gasteiger charge is -2.41. The first-order valence-electron chi connectivity index (χ1n) is 6.00. The van der Waals surface area contributed by atoms with Crippen LogP contribution in [0.5, 0.6) is 5.75 Å². The number of hydrogen-bond acceptors (Lipinski definition) is 4. The summed E-state index contributed by atoms with van der Waals surface area (Å²) < 4.78 is 12.5. The molecule has 2 aliphatic rings. The molecule has 0 atom stereocenters. The molecule has 1 spiro atoms. The number of halogens is 1. The molecule has 0 saturated carbocycles. The Balaban J connectivity index is 2.02. The number of hydrogen-bond donors (Lipinski definition) is 1. The minimum atomic E-state index is -0.270. The largest absolute Gasteiger partial charge is 0.486 e. The minimum Gasteiger partial charge on any atom is -0.486 e. The zero-order chi connectivity index (χ0) is 12.6. The van der Waals surface area contributed by atoms with Crippen molar-refractivity contribution >= 4 is 21.6 Å². The first-order chi connectivity index (χ1) is 8.72. The van der Waals surface area contributed by atoms with Crippen LogP contribution in [0.4, 0.5) is 0 Å². The number of nitrogens with zero attached hydrogens (tertiary/aromatic N) is 1. The second-order valence-electron chi connectivity index (χ2n) is 4.76. The zero-order valence-corrected chi connectivity index (χ0v) is 11.4. The average molecular weight is 312 g/mol. The molecule has 0 bridgehead atoms. The Hall–Kier alpha value is -1.07. The maximum atomic E-state index is 9.21. The van der Waals surface area contributed by atoms with Crippen LogP contribution >= 0.6 is 15.9 Å². The normalized spacial score (nSPS) is 23.7. The fourth-order valence-electron chi connectivity index (χ4n) is 2.60. The van der Waals surface area contributed by atoms with Crippen LogP contribution in [0.2, 0.25) is 0 Å². The van der Waals surface area contributed by atoms with Crippen LogP contribution in [0.1, 0.15) is 24.8 Å². The van der Waals surface area contributed by atoms with Gasteiger partial charge in [0, 0.05) is 29.3 Å². The zero-order valence-electron chi connectivity index (χ0n) is 9.86. The van der Waals surface area contributed by atoms with Crippen molar-refractivity contribution in [3.63, 3.8) is 0 Å². The molecule has 1 aromatic rings. The summed E-state index contributed by atoms with van der Waals surface area (Å²) in [5.41, 5.74) is 1.30. The number of rotatable bonds is 0. The highest BCUT2D eigenvalue weighted by atomic mass is 79.9. The number of fused-ring (bicyclic) bond motifs is 1. The van der Waals surface area contributed by atoms with E-state index in [0.29, 0.717) is 25.3 Å². The summed E-state index contributed by atoms with van der Waals surface area (Å²) in [6.45, 7) is 1.39. The van der Waals surface area contributed by atoms with Crippen LogP contribution in [0, 0.1) is 0 Å². The molecule has 5 heteroatoms. The van der Waals surface area contributed by atoms with Gasteiger partial charge in [0.15, 0.2) is 0 Å². The second kappa shape index (κ2) is 4.55. The Labute approximate surface area is 114 Å². The number of ether oxygens (including phenoxy) is 2. The highest BCUT2D eigenvalue weighted by Crippen LogP contribution is 2.40. The van der Waals surface area contributed by atoms with Gasteiger partial charge >= 0.3 is 0 Å². The molecule has 1 N–H and O–H groups in total. The Morgan fingerprint density at radius 1 is 1.28 bits per heavy atom. The third kappa shape index (κ3) is 2.01. The van der Waals surface area contributed by atoms with Gasteiger partial charge < -0.3 is 14.7 Å². The molecule has 0 aliphatic carbocycles. The first-order valence-corrected chi connectivity index (χ1v) is 6.79. The number of oxime groups is 1. The van der Waals surface area contributed by atoms with Crippen molar-refractivity contribution in [2.75, 3.05) is 13.2 Å². The Morgan fingerprint density at radius 3 is 2.78 bits per heavy atom. The Morgan fingerprint density at radius 2 is 2.06 bits per heavy atom. The molecule has 1 saturated heterocycles. The van der Waals surface area contributed by atoms with Crippen molar-refractivity contribution in [2.24, 2.45) is 5.16 Å². The molecule has 1 fully saturated rings. The molecule has 1 aromatic carbocycles. The molecule has 0 aromatic heterocycles. The highest BCUT2D eigenvalue weighted by Gasteiger charge is 2.41. The van der Waals surface area contributed by atoms with Gasteiger partial charge in [0.2, 0.25) is 0 Å². The van der Waals surface area contributed by atoms with Crippen molar-refractivity contribution in [1.82, 2.24) is 0 Å². The molecule has 96 valence electrons. The van der Waals surface area contributed by atoms with Gasteiger partial charge in [0.25, 0.3) is 0 Å².